The van der Waals surface area contributed by atoms with Crippen LogP contribution in [0.2, 0.25) is 0 Å². The fraction of sp³-hybridized carbons (Fsp3) is 0.526. The summed E-state index contributed by atoms with van der Waals surface area (Å²) in [6.45, 7) is 0.494. The van der Waals surface area contributed by atoms with Gasteiger partial charge in [0.05, 0.1) is 12.4 Å². The van der Waals surface area contributed by atoms with Crippen molar-refractivity contribution in [3.63, 3.8) is 0 Å². The number of halogens is 1. The number of carboxylic acids is 1. The van der Waals surface area contributed by atoms with E-state index in [1.165, 1.54) is 28.6 Å². The molecule has 7 nitrogen and oxygen atoms in total. The van der Waals surface area contributed by atoms with Gasteiger partial charge in [-0.3, -0.25) is 4.79 Å². The average Bonchev–Trinajstić information content (AvgIpc) is 2.61. The van der Waals surface area contributed by atoms with Crippen molar-refractivity contribution in [3.05, 3.63) is 42.2 Å². The molecule has 2 N–H and O–H groups in total. The summed E-state index contributed by atoms with van der Waals surface area (Å²) in [7, 11) is -3.39. The normalized spacial score (nSPS) is 13.1. The molecule has 0 bridgehead atoms. The second-order valence-corrected chi connectivity index (χ2v) is 8.42. The number of hydrogen-bond donors (Lipinski definition) is 2. The zero-order valence-corrected chi connectivity index (χ0v) is 16.8. The Hall–Kier alpha value is -1.97. The van der Waals surface area contributed by atoms with E-state index in [4.69, 9.17) is 9.84 Å². The quantitative estimate of drug-likeness (QED) is 0.356. The zero-order chi connectivity index (χ0) is 21.0. The van der Waals surface area contributed by atoms with Gasteiger partial charge in [-0.25, -0.2) is 12.8 Å². The van der Waals surface area contributed by atoms with Crippen LogP contribution in [-0.4, -0.2) is 61.0 Å². The number of aliphatic carboxylic acids is 1. The van der Waals surface area contributed by atoms with Crippen LogP contribution in [0.15, 0.2) is 36.4 Å². The van der Waals surface area contributed by atoms with Crippen molar-refractivity contribution in [2.45, 2.75) is 38.2 Å². The number of carboxylic acid groups (broad SMARTS) is 1. The molecule has 1 rings (SSSR count). The van der Waals surface area contributed by atoms with Crippen LogP contribution in [0.25, 0.3) is 0 Å². The molecule has 158 valence electrons. The molecule has 0 fully saturated rings. The van der Waals surface area contributed by atoms with Gasteiger partial charge < -0.3 is 14.9 Å². The SMILES string of the molecule is CS(=O)(=O)N(C/C=C\CCCC(=O)O)CCCC(O)COc1ccc(F)cc1. The van der Waals surface area contributed by atoms with Crippen molar-refractivity contribution >= 4 is 16.0 Å². The van der Waals surface area contributed by atoms with Crippen LogP contribution in [0.1, 0.15) is 32.1 Å². The topological polar surface area (TPSA) is 104 Å². The van der Waals surface area contributed by atoms with E-state index in [2.05, 4.69) is 0 Å². The minimum atomic E-state index is -3.39. The molecule has 0 saturated carbocycles. The van der Waals surface area contributed by atoms with Crippen molar-refractivity contribution in [2.24, 2.45) is 0 Å². The first kappa shape index (κ1) is 24.1. The molecule has 0 aromatic heterocycles. The maximum atomic E-state index is 12.8. The summed E-state index contributed by atoms with van der Waals surface area (Å²) in [5.41, 5.74) is 0. The van der Waals surface area contributed by atoms with Crippen molar-refractivity contribution in [2.75, 3.05) is 26.0 Å². The minimum Gasteiger partial charge on any atom is -0.491 e. The largest absolute Gasteiger partial charge is 0.491 e. The fourth-order valence-electron chi connectivity index (χ4n) is 2.38. The van der Waals surface area contributed by atoms with E-state index in [1.54, 1.807) is 12.2 Å². The third kappa shape index (κ3) is 11.0. The maximum Gasteiger partial charge on any atom is 0.303 e. The van der Waals surface area contributed by atoms with Gasteiger partial charge in [-0.15, -0.1) is 0 Å². The lowest BCUT2D eigenvalue weighted by Gasteiger charge is -2.19. The highest BCUT2D eigenvalue weighted by Gasteiger charge is 2.15. The number of benzene rings is 1. The lowest BCUT2D eigenvalue weighted by molar-refractivity contribution is -0.137. The first-order chi connectivity index (χ1) is 13.2. The molecule has 0 aliphatic heterocycles. The molecule has 1 aromatic rings. The number of allylic oxidation sites excluding steroid dienone is 1. The van der Waals surface area contributed by atoms with Crippen LogP contribution in [-0.2, 0) is 14.8 Å². The van der Waals surface area contributed by atoms with Gasteiger partial charge in [-0.2, -0.15) is 4.31 Å². The van der Waals surface area contributed by atoms with E-state index in [0.717, 1.165) is 6.26 Å². The second-order valence-electron chi connectivity index (χ2n) is 6.44. The standard InChI is InChI=1S/C19H28FNO6S/c1-28(25,26)21(13-5-3-2-4-8-19(23)24)14-6-7-17(22)15-27-18-11-9-16(20)10-12-18/h3,5,9-12,17,22H,2,4,6-8,13-15H2,1H3,(H,23,24)/b5-3-. The Morgan fingerprint density at radius 2 is 1.93 bits per heavy atom. The molecule has 0 spiro atoms. The lowest BCUT2D eigenvalue weighted by atomic mass is 10.2. The van der Waals surface area contributed by atoms with Crippen LogP contribution in [0, 0.1) is 5.82 Å². The molecule has 0 radical (unpaired) electrons. The van der Waals surface area contributed by atoms with Gasteiger partial charge in [0.15, 0.2) is 0 Å². The number of aliphatic hydroxyl groups is 1. The molecule has 9 heteroatoms. The predicted octanol–water partition coefficient (Wildman–Crippen LogP) is 2.42. The third-order valence-corrected chi connectivity index (χ3v) is 5.18. The van der Waals surface area contributed by atoms with E-state index in [9.17, 15) is 22.7 Å². The van der Waals surface area contributed by atoms with Gasteiger partial charge in [0.2, 0.25) is 10.0 Å². The summed E-state index contributed by atoms with van der Waals surface area (Å²) >= 11 is 0. The van der Waals surface area contributed by atoms with Gasteiger partial charge in [-0.05, 0) is 49.9 Å². The zero-order valence-electron chi connectivity index (χ0n) is 16.0. The Kier molecular flexibility index (Phi) is 10.7. The summed E-state index contributed by atoms with van der Waals surface area (Å²) in [5.74, 6) is -0.774. The summed E-state index contributed by atoms with van der Waals surface area (Å²) in [4.78, 5) is 10.4. The highest BCUT2D eigenvalue weighted by Crippen LogP contribution is 2.12. The monoisotopic (exact) mass is 417 g/mol. The van der Waals surface area contributed by atoms with Crippen molar-refractivity contribution in [1.82, 2.24) is 4.31 Å². The van der Waals surface area contributed by atoms with E-state index >= 15 is 0 Å². The number of carbonyl (C=O) groups is 1. The third-order valence-electron chi connectivity index (χ3n) is 3.91. The number of hydrogen-bond acceptors (Lipinski definition) is 5. The number of unbranched alkanes of at least 4 members (excludes halogenated alkanes) is 1. The van der Waals surface area contributed by atoms with Crippen LogP contribution in [0.3, 0.4) is 0 Å². The summed E-state index contributed by atoms with van der Waals surface area (Å²) < 4.78 is 43.2. The number of aliphatic hydroxyl groups excluding tert-OH is 1. The van der Waals surface area contributed by atoms with Crippen LogP contribution >= 0.6 is 0 Å². The molecule has 0 amide bonds. The smallest absolute Gasteiger partial charge is 0.303 e. The van der Waals surface area contributed by atoms with Gasteiger partial charge in [0, 0.05) is 19.5 Å². The fourth-order valence-corrected chi connectivity index (χ4v) is 3.20. The first-order valence-electron chi connectivity index (χ1n) is 9.07. The van der Waals surface area contributed by atoms with Gasteiger partial charge in [-0.1, -0.05) is 12.2 Å². The summed E-state index contributed by atoms with van der Waals surface area (Å²) in [5, 5.41) is 18.5. The Morgan fingerprint density at radius 1 is 1.25 bits per heavy atom. The Bertz CT molecular complexity index is 720. The molecule has 0 heterocycles. The van der Waals surface area contributed by atoms with Crippen LogP contribution < -0.4 is 4.74 Å². The highest BCUT2D eigenvalue weighted by atomic mass is 32.2. The molecule has 1 unspecified atom stereocenters. The molecule has 28 heavy (non-hydrogen) atoms. The molecule has 0 saturated heterocycles. The average molecular weight is 417 g/mol. The van der Waals surface area contributed by atoms with Crippen molar-refractivity contribution in [3.8, 4) is 5.75 Å². The Morgan fingerprint density at radius 3 is 2.54 bits per heavy atom. The highest BCUT2D eigenvalue weighted by molar-refractivity contribution is 7.88. The predicted molar refractivity (Wildman–Crippen MR) is 104 cm³/mol. The van der Waals surface area contributed by atoms with Crippen LogP contribution in [0.5, 0.6) is 5.75 Å². The van der Waals surface area contributed by atoms with Crippen molar-refractivity contribution in [1.29, 1.82) is 0 Å². The number of rotatable bonds is 14. The van der Waals surface area contributed by atoms with Gasteiger partial charge in [0.1, 0.15) is 18.2 Å². The van der Waals surface area contributed by atoms with E-state index in [1.807, 2.05) is 0 Å². The molecular formula is C19H28FNO6S. The van der Waals surface area contributed by atoms with Gasteiger partial charge in [0.25, 0.3) is 0 Å². The van der Waals surface area contributed by atoms with E-state index < -0.39 is 22.1 Å². The second kappa shape index (κ2) is 12.5. The number of nitrogens with zero attached hydrogens (tertiary/aromatic N) is 1. The van der Waals surface area contributed by atoms with Crippen LogP contribution in [0.4, 0.5) is 4.39 Å². The molecule has 0 aliphatic carbocycles. The maximum absolute atomic E-state index is 12.8. The molecule has 0 aliphatic rings. The van der Waals surface area contributed by atoms with Crippen molar-refractivity contribution < 1.29 is 32.6 Å². The van der Waals surface area contributed by atoms with E-state index in [-0.39, 0.29) is 31.9 Å². The summed E-state index contributed by atoms with van der Waals surface area (Å²) in [6, 6.07) is 5.47. The Balaban J connectivity index is 2.32. The lowest BCUT2D eigenvalue weighted by Crippen LogP contribution is -2.32. The van der Waals surface area contributed by atoms with E-state index in [0.29, 0.717) is 31.4 Å². The minimum absolute atomic E-state index is 0.0357. The first-order valence-corrected chi connectivity index (χ1v) is 10.9. The number of ether oxygens (including phenoxy) is 1. The summed E-state index contributed by atoms with van der Waals surface area (Å²) in [6.07, 6.45) is 5.80. The molecule has 1 atom stereocenters. The molecular weight excluding hydrogens is 389 g/mol. The van der Waals surface area contributed by atoms with Gasteiger partial charge >= 0.3 is 5.97 Å². The molecule has 1 aromatic carbocycles. The number of sulfonamides is 1. The Labute approximate surface area is 165 Å².